The van der Waals surface area contributed by atoms with Crippen LogP contribution in [-0.4, -0.2) is 31.9 Å². The van der Waals surface area contributed by atoms with Crippen molar-refractivity contribution in [2.75, 3.05) is 14.2 Å². The summed E-state index contributed by atoms with van der Waals surface area (Å²) in [5.41, 5.74) is 0. The zero-order chi connectivity index (χ0) is 11.4. The van der Waals surface area contributed by atoms with Crippen LogP contribution in [0.15, 0.2) is 0 Å². The Labute approximate surface area is 87.7 Å². The number of ether oxygens (including phenoxy) is 2. The standard InChI is InChI=1S/C10H14O5/c1-14-9(12)6-4-3-5-7(8(6)11)10(13)15-2/h6-7H,3-5H2,1-2H3/t6-,7+. The third-order valence-corrected chi connectivity index (χ3v) is 2.64. The van der Waals surface area contributed by atoms with Crippen molar-refractivity contribution >= 4 is 17.7 Å². The van der Waals surface area contributed by atoms with Crippen LogP contribution in [0.4, 0.5) is 0 Å². The van der Waals surface area contributed by atoms with Crippen LogP contribution in [0.5, 0.6) is 0 Å². The van der Waals surface area contributed by atoms with Crippen LogP contribution in [-0.2, 0) is 23.9 Å². The van der Waals surface area contributed by atoms with Crippen LogP contribution < -0.4 is 0 Å². The van der Waals surface area contributed by atoms with Crippen molar-refractivity contribution in [2.24, 2.45) is 11.8 Å². The summed E-state index contributed by atoms with van der Waals surface area (Å²) < 4.78 is 9.02. The molecule has 5 heteroatoms. The maximum Gasteiger partial charge on any atom is 0.316 e. The lowest BCUT2D eigenvalue weighted by atomic mass is 9.80. The van der Waals surface area contributed by atoms with E-state index in [1.54, 1.807) is 0 Å². The van der Waals surface area contributed by atoms with Gasteiger partial charge in [-0.2, -0.15) is 0 Å². The van der Waals surface area contributed by atoms with Gasteiger partial charge in [0.2, 0.25) is 0 Å². The van der Waals surface area contributed by atoms with E-state index in [0.717, 1.165) is 0 Å². The first kappa shape index (κ1) is 11.7. The molecule has 1 fully saturated rings. The molecule has 1 rings (SSSR count). The molecule has 84 valence electrons. The Bertz CT molecular complexity index is 258. The summed E-state index contributed by atoms with van der Waals surface area (Å²) >= 11 is 0. The van der Waals surface area contributed by atoms with E-state index in [1.807, 2.05) is 0 Å². The molecular weight excluding hydrogens is 200 g/mol. The number of Topliss-reactive ketones (excluding diaryl/α,β-unsaturated/α-hetero) is 1. The largest absolute Gasteiger partial charge is 0.468 e. The van der Waals surface area contributed by atoms with Gasteiger partial charge in [0, 0.05) is 0 Å². The van der Waals surface area contributed by atoms with Gasteiger partial charge in [-0.1, -0.05) is 6.42 Å². The highest BCUT2D eigenvalue weighted by Gasteiger charge is 2.40. The van der Waals surface area contributed by atoms with Crippen LogP contribution >= 0.6 is 0 Å². The molecule has 2 atom stereocenters. The summed E-state index contributed by atoms with van der Waals surface area (Å²) in [5.74, 6) is -3.09. The van der Waals surface area contributed by atoms with Crippen molar-refractivity contribution in [3.05, 3.63) is 0 Å². The fourth-order valence-electron chi connectivity index (χ4n) is 1.81. The molecular formula is C10H14O5. The van der Waals surface area contributed by atoms with Gasteiger partial charge in [-0.25, -0.2) is 0 Å². The average molecular weight is 214 g/mol. The van der Waals surface area contributed by atoms with Crippen LogP contribution in [0.1, 0.15) is 19.3 Å². The fraction of sp³-hybridized carbons (Fsp3) is 0.700. The van der Waals surface area contributed by atoms with Crippen molar-refractivity contribution in [1.29, 1.82) is 0 Å². The molecule has 0 saturated heterocycles. The second kappa shape index (κ2) is 4.91. The number of methoxy groups -OCH3 is 2. The lowest BCUT2D eigenvalue weighted by Gasteiger charge is -2.24. The molecule has 0 heterocycles. The lowest BCUT2D eigenvalue weighted by molar-refractivity contribution is -0.157. The van der Waals surface area contributed by atoms with Gasteiger partial charge in [-0.05, 0) is 12.8 Å². The van der Waals surface area contributed by atoms with Gasteiger partial charge in [0.05, 0.1) is 14.2 Å². The zero-order valence-electron chi connectivity index (χ0n) is 8.82. The van der Waals surface area contributed by atoms with E-state index in [-0.39, 0.29) is 5.78 Å². The molecule has 0 bridgehead atoms. The van der Waals surface area contributed by atoms with E-state index < -0.39 is 23.8 Å². The van der Waals surface area contributed by atoms with Crippen LogP contribution in [0.25, 0.3) is 0 Å². The molecule has 15 heavy (non-hydrogen) atoms. The fourth-order valence-corrected chi connectivity index (χ4v) is 1.81. The van der Waals surface area contributed by atoms with Gasteiger partial charge in [-0.3, -0.25) is 14.4 Å². The molecule has 0 unspecified atom stereocenters. The number of carbonyl (C=O) groups is 3. The van der Waals surface area contributed by atoms with Gasteiger partial charge in [0.25, 0.3) is 0 Å². The van der Waals surface area contributed by atoms with E-state index in [4.69, 9.17) is 0 Å². The Morgan fingerprint density at radius 2 is 1.47 bits per heavy atom. The van der Waals surface area contributed by atoms with Crippen molar-refractivity contribution in [3.8, 4) is 0 Å². The summed E-state index contributed by atoms with van der Waals surface area (Å²) in [7, 11) is 2.47. The van der Waals surface area contributed by atoms with E-state index in [9.17, 15) is 14.4 Å². The molecule has 0 spiro atoms. The summed E-state index contributed by atoms with van der Waals surface area (Å²) in [4.78, 5) is 34.2. The maximum atomic E-state index is 11.7. The predicted octanol–water partition coefficient (Wildman–Crippen LogP) is 0.318. The zero-order valence-corrected chi connectivity index (χ0v) is 8.82. The quantitative estimate of drug-likeness (QED) is 0.489. The number of ketones is 1. The van der Waals surface area contributed by atoms with Gasteiger partial charge < -0.3 is 9.47 Å². The monoisotopic (exact) mass is 214 g/mol. The van der Waals surface area contributed by atoms with E-state index in [0.29, 0.717) is 19.3 Å². The van der Waals surface area contributed by atoms with Crippen molar-refractivity contribution < 1.29 is 23.9 Å². The molecule has 0 aromatic rings. The summed E-state index contributed by atoms with van der Waals surface area (Å²) in [6, 6.07) is 0. The molecule has 1 aliphatic rings. The first-order valence-electron chi connectivity index (χ1n) is 4.81. The SMILES string of the molecule is COC(=O)[C@H]1CCC[C@@H](C(=O)OC)C1=O. The van der Waals surface area contributed by atoms with Crippen LogP contribution in [0.2, 0.25) is 0 Å². The van der Waals surface area contributed by atoms with E-state index in [2.05, 4.69) is 9.47 Å². The topological polar surface area (TPSA) is 69.7 Å². The third-order valence-electron chi connectivity index (χ3n) is 2.64. The average Bonchev–Trinajstić information content (AvgIpc) is 2.27. The normalized spacial score (nSPS) is 25.9. The molecule has 1 aliphatic carbocycles. The highest BCUT2D eigenvalue weighted by Crippen LogP contribution is 2.27. The van der Waals surface area contributed by atoms with Crippen LogP contribution in [0, 0.1) is 11.8 Å². The molecule has 0 N–H and O–H groups in total. The summed E-state index contributed by atoms with van der Waals surface area (Å²) in [6.45, 7) is 0. The highest BCUT2D eigenvalue weighted by molar-refractivity contribution is 6.08. The lowest BCUT2D eigenvalue weighted by Crippen LogP contribution is -2.38. The van der Waals surface area contributed by atoms with Crippen molar-refractivity contribution in [2.45, 2.75) is 19.3 Å². The highest BCUT2D eigenvalue weighted by atomic mass is 16.5. The molecule has 0 aromatic carbocycles. The van der Waals surface area contributed by atoms with Crippen molar-refractivity contribution in [1.82, 2.24) is 0 Å². The number of hydrogen-bond donors (Lipinski definition) is 0. The molecule has 0 aliphatic heterocycles. The molecule has 5 nitrogen and oxygen atoms in total. The number of carbonyl (C=O) groups excluding carboxylic acids is 3. The Kier molecular flexibility index (Phi) is 3.82. The minimum atomic E-state index is -0.798. The Morgan fingerprint density at radius 1 is 1.07 bits per heavy atom. The van der Waals surface area contributed by atoms with Gasteiger partial charge in [-0.15, -0.1) is 0 Å². The third kappa shape index (κ3) is 2.34. The maximum absolute atomic E-state index is 11.7. The molecule has 0 radical (unpaired) electrons. The van der Waals surface area contributed by atoms with Gasteiger partial charge >= 0.3 is 11.9 Å². The predicted molar refractivity (Wildman–Crippen MR) is 49.9 cm³/mol. The first-order valence-corrected chi connectivity index (χ1v) is 4.81. The summed E-state index contributed by atoms with van der Waals surface area (Å²) in [5, 5.41) is 0. The Balaban J connectivity index is 2.75. The molecule has 1 saturated carbocycles. The Morgan fingerprint density at radius 3 is 1.80 bits per heavy atom. The smallest absolute Gasteiger partial charge is 0.316 e. The number of hydrogen-bond acceptors (Lipinski definition) is 5. The van der Waals surface area contributed by atoms with E-state index >= 15 is 0 Å². The van der Waals surface area contributed by atoms with Crippen LogP contribution in [0.3, 0.4) is 0 Å². The Hall–Kier alpha value is -1.39. The van der Waals surface area contributed by atoms with Gasteiger partial charge in [0.15, 0.2) is 5.78 Å². The molecule has 0 aromatic heterocycles. The molecule has 0 amide bonds. The van der Waals surface area contributed by atoms with Crippen molar-refractivity contribution in [3.63, 3.8) is 0 Å². The van der Waals surface area contributed by atoms with E-state index in [1.165, 1.54) is 14.2 Å². The summed E-state index contributed by atoms with van der Waals surface area (Å²) in [6.07, 6.45) is 1.57. The van der Waals surface area contributed by atoms with Gasteiger partial charge in [0.1, 0.15) is 11.8 Å². The number of rotatable bonds is 2. The second-order valence-electron chi connectivity index (χ2n) is 3.48. The minimum absolute atomic E-state index is 0.375. The second-order valence-corrected chi connectivity index (χ2v) is 3.48. The minimum Gasteiger partial charge on any atom is -0.468 e. The number of esters is 2. The first-order chi connectivity index (χ1) is 7.11.